The molecule has 0 aliphatic heterocycles. The highest BCUT2D eigenvalue weighted by Gasteiger charge is 2.20. The largest absolute Gasteiger partial charge is 0.301 e. The Morgan fingerprint density at radius 1 is 1.33 bits per heavy atom. The molecule has 0 saturated carbocycles. The van der Waals surface area contributed by atoms with Crippen LogP contribution >= 0.6 is 0 Å². The molecule has 96 valence electrons. The van der Waals surface area contributed by atoms with E-state index in [-0.39, 0.29) is 5.57 Å². The lowest BCUT2D eigenvalue weighted by Gasteiger charge is -2.22. The minimum atomic E-state index is -0.830. The Kier molecular flexibility index (Phi) is 4.98. The zero-order valence-electron chi connectivity index (χ0n) is 10.8. The van der Waals surface area contributed by atoms with Crippen molar-refractivity contribution in [2.45, 2.75) is 32.4 Å². The van der Waals surface area contributed by atoms with E-state index in [2.05, 4.69) is 5.48 Å². The molecule has 0 aromatic heterocycles. The van der Waals surface area contributed by atoms with Crippen molar-refractivity contribution < 1.29 is 14.4 Å². The van der Waals surface area contributed by atoms with E-state index in [1.54, 1.807) is 30.2 Å². The first-order valence-corrected chi connectivity index (χ1v) is 5.67. The van der Waals surface area contributed by atoms with Gasteiger partial charge in [-0.05, 0) is 26.3 Å². The third-order valence-electron chi connectivity index (χ3n) is 2.13. The molecule has 4 heteroatoms. The van der Waals surface area contributed by atoms with E-state index in [4.69, 9.17) is 4.84 Å². The first kappa shape index (κ1) is 14.3. The number of rotatable bonds is 5. The van der Waals surface area contributed by atoms with Crippen LogP contribution in [0.1, 0.15) is 26.3 Å². The summed E-state index contributed by atoms with van der Waals surface area (Å²) in [5.74, 6) is 1.80. The molecule has 1 rings (SSSR count). The van der Waals surface area contributed by atoms with Gasteiger partial charge < -0.3 is 4.79 Å². The van der Waals surface area contributed by atoms with Gasteiger partial charge in [0.05, 0.1) is 11.2 Å². The molecule has 18 heavy (non-hydrogen) atoms. The van der Waals surface area contributed by atoms with E-state index in [1.807, 2.05) is 26.8 Å². The molecule has 0 amide bonds. The first-order valence-electron chi connectivity index (χ1n) is 5.67. The highest BCUT2D eigenvalue weighted by atomic mass is 16.7. The normalized spacial score (nSPS) is 12.6. The van der Waals surface area contributed by atoms with Gasteiger partial charge in [0.2, 0.25) is 0 Å². The van der Waals surface area contributed by atoms with Crippen LogP contribution in [0.3, 0.4) is 0 Å². The summed E-state index contributed by atoms with van der Waals surface area (Å²) in [5, 5.41) is 0. The van der Waals surface area contributed by atoms with Crippen LogP contribution in [0.5, 0.6) is 0 Å². The first-order chi connectivity index (χ1) is 8.48. The molecule has 0 bridgehead atoms. The van der Waals surface area contributed by atoms with Crippen molar-refractivity contribution in [2.24, 2.45) is 0 Å². The molecule has 1 N–H and O–H groups in total. The van der Waals surface area contributed by atoms with Gasteiger partial charge in [0.25, 0.3) is 0 Å². The molecule has 1 aromatic carbocycles. The zero-order chi connectivity index (χ0) is 13.6. The number of nitrogens with one attached hydrogen (secondary N) is 1. The average molecular weight is 247 g/mol. The second-order valence-electron chi connectivity index (χ2n) is 4.83. The van der Waals surface area contributed by atoms with Gasteiger partial charge in [-0.25, -0.2) is 4.79 Å². The lowest BCUT2D eigenvalue weighted by atomic mass is 10.0. The Bertz CT molecular complexity index is 442. The molecule has 1 atom stereocenters. The lowest BCUT2D eigenvalue weighted by Crippen LogP contribution is -2.38. The molecule has 0 aliphatic rings. The van der Waals surface area contributed by atoms with Crippen LogP contribution in [-0.4, -0.2) is 23.9 Å². The number of hydrogen-bond acceptors (Lipinski definition) is 4. The molecule has 0 radical (unpaired) electrons. The van der Waals surface area contributed by atoms with E-state index in [0.717, 1.165) is 0 Å². The number of carbonyl (C=O) groups excluding carboxylic acids is 2. The van der Waals surface area contributed by atoms with Crippen LogP contribution in [0.2, 0.25) is 0 Å². The standard InChI is InChI=1S/C14H17NO3/c1-14(2,3)18-15-13(10-17)12(9-16)11-7-5-4-6-8-11/h4-8,10,13,15H,1-3H3. The Morgan fingerprint density at radius 3 is 2.39 bits per heavy atom. The second-order valence-corrected chi connectivity index (χ2v) is 4.83. The number of aldehydes is 1. The van der Waals surface area contributed by atoms with Gasteiger partial charge in [-0.3, -0.25) is 4.84 Å². The molecule has 0 fully saturated rings. The topological polar surface area (TPSA) is 55.4 Å². The van der Waals surface area contributed by atoms with E-state index in [1.165, 1.54) is 0 Å². The van der Waals surface area contributed by atoms with Gasteiger partial charge in [-0.15, -0.1) is 0 Å². The molecular weight excluding hydrogens is 230 g/mol. The van der Waals surface area contributed by atoms with Crippen LogP contribution in [0.25, 0.3) is 5.57 Å². The molecule has 0 heterocycles. The molecule has 4 nitrogen and oxygen atoms in total. The van der Waals surface area contributed by atoms with Crippen LogP contribution in [-0.2, 0) is 14.4 Å². The summed E-state index contributed by atoms with van der Waals surface area (Å²) < 4.78 is 0. The molecule has 0 saturated heterocycles. The van der Waals surface area contributed by atoms with Gasteiger partial charge in [0, 0.05) is 0 Å². The highest BCUT2D eigenvalue weighted by Crippen LogP contribution is 2.15. The van der Waals surface area contributed by atoms with E-state index >= 15 is 0 Å². The summed E-state index contributed by atoms with van der Waals surface area (Å²) in [6.45, 7) is 5.53. The van der Waals surface area contributed by atoms with E-state index in [9.17, 15) is 9.59 Å². The van der Waals surface area contributed by atoms with Crippen LogP contribution in [0.4, 0.5) is 0 Å². The fourth-order valence-electron chi connectivity index (χ4n) is 1.31. The minimum Gasteiger partial charge on any atom is -0.301 e. The molecular formula is C14H17NO3. The maximum atomic E-state index is 11.1. The smallest absolute Gasteiger partial charge is 0.144 e. The predicted molar refractivity (Wildman–Crippen MR) is 69.4 cm³/mol. The van der Waals surface area contributed by atoms with Crippen molar-refractivity contribution in [3.63, 3.8) is 0 Å². The van der Waals surface area contributed by atoms with Crippen molar-refractivity contribution in [3.05, 3.63) is 35.9 Å². The SMILES string of the molecule is CC(C)(C)ONC(C=O)C(=C=O)c1ccccc1. The lowest BCUT2D eigenvalue weighted by molar-refractivity contribution is -0.118. The minimum absolute atomic E-state index is 0.231. The number of hydrogen-bond donors (Lipinski definition) is 1. The van der Waals surface area contributed by atoms with Crippen LogP contribution < -0.4 is 5.48 Å². The fourth-order valence-corrected chi connectivity index (χ4v) is 1.31. The Morgan fingerprint density at radius 2 is 1.94 bits per heavy atom. The number of hydroxylamine groups is 1. The average Bonchev–Trinajstić information content (AvgIpc) is 2.34. The van der Waals surface area contributed by atoms with Gasteiger partial charge in [-0.1, -0.05) is 30.3 Å². The number of benzene rings is 1. The highest BCUT2D eigenvalue weighted by molar-refractivity contribution is 5.97. The maximum Gasteiger partial charge on any atom is 0.144 e. The summed E-state index contributed by atoms with van der Waals surface area (Å²) in [6.07, 6.45) is 0.624. The summed E-state index contributed by atoms with van der Waals surface area (Å²) >= 11 is 0. The van der Waals surface area contributed by atoms with Gasteiger partial charge in [0.15, 0.2) is 0 Å². The molecule has 0 spiro atoms. The van der Waals surface area contributed by atoms with E-state index < -0.39 is 11.6 Å². The second kappa shape index (κ2) is 6.26. The van der Waals surface area contributed by atoms with Crippen molar-refractivity contribution >= 4 is 17.8 Å². The van der Waals surface area contributed by atoms with Crippen molar-refractivity contribution in [2.75, 3.05) is 0 Å². The van der Waals surface area contributed by atoms with Crippen LogP contribution in [0.15, 0.2) is 30.3 Å². The monoisotopic (exact) mass is 247 g/mol. The van der Waals surface area contributed by atoms with Gasteiger partial charge in [0.1, 0.15) is 18.3 Å². The molecule has 0 aliphatic carbocycles. The van der Waals surface area contributed by atoms with Gasteiger partial charge in [-0.2, -0.15) is 5.48 Å². The Hall–Kier alpha value is -1.74. The van der Waals surface area contributed by atoms with E-state index in [0.29, 0.717) is 11.8 Å². The Labute approximate surface area is 107 Å². The van der Waals surface area contributed by atoms with Crippen molar-refractivity contribution in [3.8, 4) is 0 Å². The van der Waals surface area contributed by atoms with Crippen molar-refractivity contribution in [1.82, 2.24) is 5.48 Å². The van der Waals surface area contributed by atoms with Crippen molar-refractivity contribution in [1.29, 1.82) is 0 Å². The summed E-state index contributed by atoms with van der Waals surface area (Å²) in [5.41, 5.74) is 3.02. The fraction of sp³-hybridized carbons (Fsp3) is 0.357. The van der Waals surface area contributed by atoms with Crippen LogP contribution in [0, 0.1) is 0 Å². The summed E-state index contributed by atoms with van der Waals surface area (Å²) in [7, 11) is 0. The maximum absolute atomic E-state index is 11.1. The van der Waals surface area contributed by atoms with Gasteiger partial charge >= 0.3 is 0 Å². The summed E-state index contributed by atoms with van der Waals surface area (Å²) in [4.78, 5) is 27.4. The Balaban J connectivity index is 2.87. The predicted octanol–water partition coefficient (Wildman–Crippen LogP) is 1.79. The third-order valence-corrected chi connectivity index (χ3v) is 2.13. The number of carbonyl (C=O) groups is 1. The zero-order valence-corrected chi connectivity index (χ0v) is 10.8. The molecule has 1 aromatic rings. The summed E-state index contributed by atoms with van der Waals surface area (Å²) in [6, 6.07) is 8.08. The quantitative estimate of drug-likeness (QED) is 0.489. The molecule has 1 unspecified atom stereocenters. The third kappa shape index (κ3) is 4.26.